The average Bonchev–Trinajstić information content (AvgIpc) is 2.68. The van der Waals surface area contributed by atoms with Gasteiger partial charge < -0.3 is 9.47 Å². The van der Waals surface area contributed by atoms with Gasteiger partial charge in [0.2, 0.25) is 0 Å². The molecular weight excluding hydrogens is 430 g/mol. The minimum Gasteiger partial charge on any atom is -0.495 e. The van der Waals surface area contributed by atoms with Gasteiger partial charge in [-0.3, -0.25) is 4.90 Å². The SMILES string of the molecule is COc1cc(Br)c(Cl)c2c1N(C(=O)OCc1ccccc1)C(C(C)C)CC2. The molecule has 0 N–H and O–H groups in total. The molecule has 1 aliphatic rings. The molecule has 4 nitrogen and oxygen atoms in total. The van der Waals surface area contributed by atoms with E-state index in [0.29, 0.717) is 16.5 Å². The number of rotatable bonds is 4. The fraction of sp³-hybridized carbons (Fsp3) is 0.381. The Morgan fingerprint density at radius 1 is 1.33 bits per heavy atom. The third kappa shape index (κ3) is 4.09. The van der Waals surface area contributed by atoms with Crippen LogP contribution >= 0.6 is 27.5 Å². The molecule has 2 aromatic rings. The van der Waals surface area contributed by atoms with Gasteiger partial charge in [0, 0.05) is 10.5 Å². The zero-order valence-electron chi connectivity index (χ0n) is 15.7. The van der Waals surface area contributed by atoms with Crippen molar-refractivity contribution in [3.8, 4) is 5.75 Å². The van der Waals surface area contributed by atoms with Crippen molar-refractivity contribution in [3.63, 3.8) is 0 Å². The molecule has 6 heteroatoms. The average molecular weight is 453 g/mol. The van der Waals surface area contributed by atoms with Gasteiger partial charge in [0.25, 0.3) is 0 Å². The number of hydrogen-bond donors (Lipinski definition) is 0. The van der Waals surface area contributed by atoms with Crippen LogP contribution in [-0.2, 0) is 17.8 Å². The van der Waals surface area contributed by atoms with Crippen LogP contribution in [0.15, 0.2) is 40.9 Å². The second-order valence-electron chi connectivity index (χ2n) is 6.96. The summed E-state index contributed by atoms with van der Waals surface area (Å²) in [5.74, 6) is 0.887. The number of benzene rings is 2. The Labute approximate surface area is 173 Å². The molecule has 1 heterocycles. The summed E-state index contributed by atoms with van der Waals surface area (Å²) in [6, 6.07) is 11.5. The van der Waals surface area contributed by atoms with Crippen molar-refractivity contribution in [1.29, 1.82) is 0 Å². The first-order chi connectivity index (χ1) is 12.9. The maximum atomic E-state index is 13.1. The zero-order valence-corrected chi connectivity index (χ0v) is 18.0. The third-order valence-electron chi connectivity index (χ3n) is 4.91. The Hall–Kier alpha value is -1.72. The van der Waals surface area contributed by atoms with Crippen molar-refractivity contribution in [2.45, 2.75) is 39.3 Å². The zero-order chi connectivity index (χ0) is 19.6. The standard InChI is InChI=1S/C21H23BrClNO3/c1-13(2)17-10-9-15-19(23)16(22)11-18(26-3)20(15)24(17)21(25)27-12-14-7-5-4-6-8-14/h4-8,11,13,17H,9-10,12H2,1-3H3. The highest BCUT2D eigenvalue weighted by atomic mass is 79.9. The Bertz CT molecular complexity index is 826. The van der Waals surface area contributed by atoms with Gasteiger partial charge in [0.1, 0.15) is 12.4 Å². The fourth-order valence-electron chi connectivity index (χ4n) is 3.53. The Morgan fingerprint density at radius 3 is 2.67 bits per heavy atom. The molecular formula is C21H23BrClNO3. The maximum absolute atomic E-state index is 13.1. The van der Waals surface area contributed by atoms with E-state index >= 15 is 0 Å². The molecule has 3 rings (SSSR count). The number of hydrogen-bond acceptors (Lipinski definition) is 3. The summed E-state index contributed by atoms with van der Waals surface area (Å²) < 4.78 is 12.0. The van der Waals surface area contributed by atoms with E-state index in [1.165, 1.54) is 0 Å². The second kappa shape index (κ2) is 8.53. The van der Waals surface area contributed by atoms with E-state index in [1.54, 1.807) is 18.1 Å². The van der Waals surface area contributed by atoms with Crippen LogP contribution in [-0.4, -0.2) is 19.2 Å². The highest BCUT2D eigenvalue weighted by Gasteiger charge is 2.37. The number of methoxy groups -OCH3 is 1. The van der Waals surface area contributed by atoms with E-state index in [9.17, 15) is 4.79 Å². The smallest absolute Gasteiger partial charge is 0.415 e. The first-order valence-corrected chi connectivity index (χ1v) is 10.2. The summed E-state index contributed by atoms with van der Waals surface area (Å²) in [6.45, 7) is 4.45. The first kappa shape index (κ1) is 20.0. The van der Waals surface area contributed by atoms with Gasteiger partial charge in [-0.25, -0.2) is 4.79 Å². The summed E-state index contributed by atoms with van der Waals surface area (Å²) in [5, 5.41) is 0.619. The van der Waals surface area contributed by atoms with Gasteiger partial charge in [-0.05, 0) is 51.9 Å². The molecule has 0 spiro atoms. The summed E-state index contributed by atoms with van der Waals surface area (Å²) in [6.07, 6.45) is 1.23. The number of carbonyl (C=O) groups is 1. The van der Waals surface area contributed by atoms with Gasteiger partial charge in [-0.15, -0.1) is 0 Å². The number of fused-ring (bicyclic) bond motifs is 1. The van der Waals surface area contributed by atoms with Crippen molar-refractivity contribution >= 4 is 39.3 Å². The molecule has 0 aliphatic carbocycles. The highest BCUT2D eigenvalue weighted by molar-refractivity contribution is 9.10. The van der Waals surface area contributed by atoms with Crippen LogP contribution in [0.5, 0.6) is 5.75 Å². The molecule has 0 saturated heterocycles. The molecule has 1 aliphatic heterocycles. The predicted octanol–water partition coefficient (Wildman–Crippen LogP) is 6.23. The van der Waals surface area contributed by atoms with Crippen molar-refractivity contribution in [3.05, 3.63) is 57.0 Å². The Balaban J connectivity index is 1.98. The van der Waals surface area contributed by atoms with Gasteiger partial charge >= 0.3 is 6.09 Å². The Kier molecular flexibility index (Phi) is 6.33. The number of ether oxygens (including phenoxy) is 2. The van der Waals surface area contributed by atoms with Crippen molar-refractivity contribution in [2.75, 3.05) is 12.0 Å². The van der Waals surface area contributed by atoms with Crippen molar-refractivity contribution < 1.29 is 14.3 Å². The number of amides is 1. The summed E-state index contributed by atoms with van der Waals surface area (Å²) in [4.78, 5) is 14.8. The number of anilines is 1. The van der Waals surface area contributed by atoms with Gasteiger partial charge in [-0.1, -0.05) is 55.8 Å². The normalized spacial score (nSPS) is 16.2. The van der Waals surface area contributed by atoms with Crippen molar-refractivity contribution in [1.82, 2.24) is 0 Å². The molecule has 0 bridgehead atoms. The lowest BCUT2D eigenvalue weighted by molar-refractivity contribution is 0.141. The van der Waals surface area contributed by atoms with Crippen LogP contribution in [0.3, 0.4) is 0 Å². The first-order valence-electron chi connectivity index (χ1n) is 8.98. The maximum Gasteiger partial charge on any atom is 0.415 e. The van der Waals surface area contributed by atoms with Crippen LogP contribution in [0.1, 0.15) is 31.4 Å². The highest BCUT2D eigenvalue weighted by Crippen LogP contribution is 2.46. The van der Waals surface area contributed by atoms with E-state index in [4.69, 9.17) is 21.1 Å². The largest absolute Gasteiger partial charge is 0.495 e. The molecule has 1 amide bonds. The minimum atomic E-state index is -0.379. The van der Waals surface area contributed by atoms with E-state index in [-0.39, 0.29) is 24.7 Å². The van der Waals surface area contributed by atoms with Crippen LogP contribution in [0.4, 0.5) is 10.5 Å². The lowest BCUT2D eigenvalue weighted by atomic mass is 9.89. The number of nitrogens with zero attached hydrogens (tertiary/aromatic N) is 1. The van der Waals surface area contributed by atoms with Gasteiger partial charge in [0.05, 0.1) is 17.8 Å². The van der Waals surface area contributed by atoms with Crippen LogP contribution < -0.4 is 9.64 Å². The third-order valence-corrected chi connectivity index (χ3v) is 6.19. The molecule has 27 heavy (non-hydrogen) atoms. The molecule has 1 unspecified atom stereocenters. The monoisotopic (exact) mass is 451 g/mol. The van der Waals surface area contributed by atoms with Gasteiger partial charge in [0.15, 0.2) is 0 Å². The van der Waals surface area contributed by atoms with E-state index < -0.39 is 0 Å². The molecule has 0 saturated carbocycles. The van der Waals surface area contributed by atoms with E-state index in [1.807, 2.05) is 30.3 Å². The summed E-state index contributed by atoms with van der Waals surface area (Å²) in [5.41, 5.74) is 2.58. The van der Waals surface area contributed by atoms with Gasteiger partial charge in [-0.2, -0.15) is 0 Å². The fourth-order valence-corrected chi connectivity index (χ4v) is 4.21. The van der Waals surface area contributed by atoms with Crippen molar-refractivity contribution in [2.24, 2.45) is 5.92 Å². The quantitative estimate of drug-likeness (QED) is 0.552. The molecule has 0 radical (unpaired) electrons. The topological polar surface area (TPSA) is 38.8 Å². The predicted molar refractivity (Wildman–Crippen MR) is 112 cm³/mol. The molecule has 0 fully saturated rings. The number of halogens is 2. The van der Waals surface area contributed by atoms with Crippen LogP contribution in [0.25, 0.3) is 0 Å². The summed E-state index contributed by atoms with van der Waals surface area (Å²) >= 11 is 10.0. The lowest BCUT2D eigenvalue weighted by Gasteiger charge is -2.39. The second-order valence-corrected chi connectivity index (χ2v) is 8.19. The van der Waals surface area contributed by atoms with E-state index in [2.05, 4.69) is 29.8 Å². The number of carbonyl (C=O) groups excluding carboxylic acids is 1. The van der Waals surface area contributed by atoms with Crippen LogP contribution in [0.2, 0.25) is 5.02 Å². The molecule has 0 aromatic heterocycles. The molecule has 1 atom stereocenters. The van der Waals surface area contributed by atoms with Crippen LogP contribution in [0, 0.1) is 5.92 Å². The lowest BCUT2D eigenvalue weighted by Crippen LogP contribution is -2.47. The summed E-state index contributed by atoms with van der Waals surface area (Å²) in [7, 11) is 1.60. The Morgan fingerprint density at radius 2 is 2.04 bits per heavy atom. The minimum absolute atomic E-state index is 0.0203. The van der Waals surface area contributed by atoms with E-state index in [0.717, 1.165) is 28.4 Å². The molecule has 144 valence electrons. The molecule has 2 aromatic carbocycles.